The third-order valence-corrected chi connectivity index (χ3v) is 4.02. The predicted octanol–water partition coefficient (Wildman–Crippen LogP) is 5.40. The molecule has 2 nitrogen and oxygen atoms in total. The number of aryl methyl sites for hydroxylation is 1. The molecule has 0 aromatic heterocycles. The molecular formula is C17H18F2O2S. The molecule has 0 radical (unpaired) electrons. The molecule has 0 saturated heterocycles. The summed E-state index contributed by atoms with van der Waals surface area (Å²) >= 11 is 1.56. The van der Waals surface area contributed by atoms with Gasteiger partial charge in [0.15, 0.2) is 0 Å². The Balaban J connectivity index is 2.21. The van der Waals surface area contributed by atoms with Crippen LogP contribution < -0.4 is 9.47 Å². The van der Waals surface area contributed by atoms with Crippen LogP contribution >= 0.6 is 11.8 Å². The van der Waals surface area contributed by atoms with Gasteiger partial charge in [0, 0.05) is 9.79 Å². The first-order chi connectivity index (χ1) is 10.6. The van der Waals surface area contributed by atoms with Gasteiger partial charge in [-0.2, -0.15) is 8.78 Å². The first kappa shape index (κ1) is 16.6. The molecule has 0 saturated carbocycles. The third kappa shape index (κ3) is 4.63. The Hall–Kier alpha value is -1.75. The van der Waals surface area contributed by atoms with E-state index in [4.69, 9.17) is 4.74 Å². The normalized spacial score (nSPS) is 10.8. The van der Waals surface area contributed by atoms with Crippen molar-refractivity contribution in [3.63, 3.8) is 0 Å². The minimum absolute atomic E-state index is 0.256. The fraction of sp³-hybridized carbons (Fsp3) is 0.294. The van der Waals surface area contributed by atoms with E-state index in [1.165, 1.54) is 0 Å². The highest BCUT2D eigenvalue weighted by Crippen LogP contribution is 2.33. The van der Waals surface area contributed by atoms with Crippen LogP contribution in [0, 0.1) is 0 Å². The fourth-order valence-corrected chi connectivity index (χ4v) is 3.03. The summed E-state index contributed by atoms with van der Waals surface area (Å²) in [6.07, 6.45) is 1.57. The second-order valence-electron chi connectivity index (χ2n) is 4.68. The molecule has 0 bridgehead atoms. The zero-order chi connectivity index (χ0) is 15.9. The highest BCUT2D eigenvalue weighted by atomic mass is 32.2. The molecule has 0 unspecified atom stereocenters. The first-order valence-corrected chi connectivity index (χ1v) is 7.83. The summed E-state index contributed by atoms with van der Waals surface area (Å²) in [6, 6.07) is 13.0. The summed E-state index contributed by atoms with van der Waals surface area (Å²) in [7, 11) is 1.62. The number of methoxy groups -OCH3 is 1. The highest BCUT2D eigenvalue weighted by molar-refractivity contribution is 7.99. The number of rotatable bonds is 7. The van der Waals surface area contributed by atoms with Crippen LogP contribution in [0.2, 0.25) is 0 Å². The lowest BCUT2D eigenvalue weighted by Crippen LogP contribution is -2.04. The van der Waals surface area contributed by atoms with Crippen LogP contribution in [-0.2, 0) is 6.42 Å². The number of hydrogen-bond acceptors (Lipinski definition) is 3. The minimum atomic E-state index is -2.80. The van der Waals surface area contributed by atoms with Crippen LogP contribution in [0.1, 0.15) is 18.9 Å². The van der Waals surface area contributed by atoms with Crippen molar-refractivity contribution < 1.29 is 18.3 Å². The van der Waals surface area contributed by atoms with Crippen molar-refractivity contribution >= 4 is 11.8 Å². The van der Waals surface area contributed by atoms with Gasteiger partial charge in [0.2, 0.25) is 0 Å². The molecule has 118 valence electrons. The molecule has 0 aliphatic heterocycles. The van der Waals surface area contributed by atoms with Gasteiger partial charge in [0.1, 0.15) is 11.5 Å². The molecule has 0 N–H and O–H groups in total. The van der Waals surface area contributed by atoms with Gasteiger partial charge in [0.05, 0.1) is 7.11 Å². The first-order valence-electron chi connectivity index (χ1n) is 7.02. The van der Waals surface area contributed by atoms with Crippen LogP contribution in [0.25, 0.3) is 0 Å². The van der Waals surface area contributed by atoms with E-state index in [0.717, 1.165) is 27.5 Å². The van der Waals surface area contributed by atoms with E-state index in [1.54, 1.807) is 31.0 Å². The average molecular weight is 324 g/mol. The Labute approximate surface area is 133 Å². The maximum atomic E-state index is 12.4. The van der Waals surface area contributed by atoms with Gasteiger partial charge in [-0.05, 0) is 48.4 Å². The second kappa shape index (κ2) is 8.03. The van der Waals surface area contributed by atoms with Crippen molar-refractivity contribution in [3.8, 4) is 11.5 Å². The van der Waals surface area contributed by atoms with E-state index in [1.807, 2.05) is 37.3 Å². The Morgan fingerprint density at radius 3 is 2.55 bits per heavy atom. The minimum Gasteiger partial charge on any atom is -0.497 e. The van der Waals surface area contributed by atoms with Crippen LogP contribution in [0.3, 0.4) is 0 Å². The second-order valence-corrected chi connectivity index (χ2v) is 5.83. The van der Waals surface area contributed by atoms with Gasteiger partial charge in [-0.3, -0.25) is 0 Å². The van der Waals surface area contributed by atoms with Gasteiger partial charge in [-0.15, -0.1) is 0 Å². The number of benzene rings is 2. The number of hydrogen-bond donors (Lipinski definition) is 0. The third-order valence-electron chi connectivity index (χ3n) is 3.04. The summed E-state index contributed by atoms with van der Waals surface area (Å²) in [6.45, 7) is -0.791. The molecule has 2 aromatic carbocycles. The zero-order valence-corrected chi connectivity index (χ0v) is 13.3. The molecule has 0 fully saturated rings. The maximum Gasteiger partial charge on any atom is 0.387 e. The Kier molecular flexibility index (Phi) is 6.07. The topological polar surface area (TPSA) is 18.5 Å². The Bertz CT molecular complexity index is 617. The molecule has 2 aromatic rings. The van der Waals surface area contributed by atoms with Crippen molar-refractivity contribution in [1.82, 2.24) is 0 Å². The monoisotopic (exact) mass is 324 g/mol. The standard InChI is InChI=1S/C17H18F2O2S/c1-3-5-12-10-15(8-9-16(12)21-17(18)19)22-14-7-4-6-13(11-14)20-2/h4,6-11,17H,3,5H2,1-2H3. The molecule has 0 heterocycles. The van der Waals surface area contributed by atoms with E-state index < -0.39 is 6.61 Å². The quantitative estimate of drug-likeness (QED) is 0.679. The lowest BCUT2D eigenvalue weighted by Gasteiger charge is -2.12. The van der Waals surface area contributed by atoms with Crippen LogP contribution in [0.15, 0.2) is 52.3 Å². The highest BCUT2D eigenvalue weighted by Gasteiger charge is 2.10. The molecular weight excluding hydrogens is 306 g/mol. The van der Waals surface area contributed by atoms with E-state index in [0.29, 0.717) is 6.42 Å². The maximum absolute atomic E-state index is 12.4. The SMILES string of the molecule is CCCc1cc(Sc2cccc(OC)c2)ccc1OC(F)F. The summed E-state index contributed by atoms with van der Waals surface area (Å²) in [5, 5.41) is 0. The van der Waals surface area contributed by atoms with E-state index in [-0.39, 0.29) is 5.75 Å². The molecule has 0 spiro atoms. The van der Waals surface area contributed by atoms with Crippen molar-refractivity contribution in [1.29, 1.82) is 0 Å². The molecule has 2 rings (SSSR count). The van der Waals surface area contributed by atoms with Crippen molar-refractivity contribution in [2.24, 2.45) is 0 Å². The lowest BCUT2D eigenvalue weighted by molar-refractivity contribution is -0.0504. The summed E-state index contributed by atoms with van der Waals surface area (Å²) < 4.78 is 34.6. The van der Waals surface area contributed by atoms with Gasteiger partial charge in [-0.1, -0.05) is 31.2 Å². The van der Waals surface area contributed by atoms with Gasteiger partial charge in [0.25, 0.3) is 0 Å². The molecule has 0 aliphatic rings. The number of halogens is 2. The van der Waals surface area contributed by atoms with Crippen molar-refractivity contribution in [2.45, 2.75) is 36.2 Å². The molecule has 5 heteroatoms. The van der Waals surface area contributed by atoms with Crippen LogP contribution in [0.5, 0.6) is 11.5 Å². The van der Waals surface area contributed by atoms with Crippen LogP contribution in [0.4, 0.5) is 8.78 Å². The summed E-state index contributed by atoms with van der Waals surface area (Å²) in [5.74, 6) is 1.04. The predicted molar refractivity (Wildman–Crippen MR) is 84.2 cm³/mol. The Morgan fingerprint density at radius 1 is 1.09 bits per heavy atom. The van der Waals surface area contributed by atoms with Crippen molar-refractivity contribution in [3.05, 3.63) is 48.0 Å². The molecule has 0 amide bonds. The Morgan fingerprint density at radius 2 is 1.86 bits per heavy atom. The van der Waals surface area contributed by atoms with Crippen LogP contribution in [-0.4, -0.2) is 13.7 Å². The summed E-state index contributed by atoms with van der Waals surface area (Å²) in [4.78, 5) is 2.02. The zero-order valence-electron chi connectivity index (χ0n) is 12.5. The van der Waals surface area contributed by atoms with Gasteiger partial charge < -0.3 is 9.47 Å². The summed E-state index contributed by atoms with van der Waals surface area (Å²) in [5.41, 5.74) is 0.802. The smallest absolute Gasteiger partial charge is 0.387 e. The molecule has 0 atom stereocenters. The molecule has 0 aliphatic carbocycles. The molecule has 22 heavy (non-hydrogen) atoms. The fourth-order valence-electron chi connectivity index (χ4n) is 2.10. The lowest BCUT2D eigenvalue weighted by atomic mass is 10.1. The number of ether oxygens (including phenoxy) is 2. The van der Waals surface area contributed by atoms with E-state index in [2.05, 4.69) is 4.74 Å². The van der Waals surface area contributed by atoms with Gasteiger partial charge in [-0.25, -0.2) is 0 Å². The van der Waals surface area contributed by atoms with E-state index >= 15 is 0 Å². The van der Waals surface area contributed by atoms with E-state index in [9.17, 15) is 8.78 Å². The largest absolute Gasteiger partial charge is 0.497 e. The van der Waals surface area contributed by atoms with Crippen molar-refractivity contribution in [2.75, 3.05) is 7.11 Å². The van der Waals surface area contributed by atoms with Gasteiger partial charge >= 0.3 is 6.61 Å². The number of alkyl halides is 2. The average Bonchev–Trinajstić information content (AvgIpc) is 2.50.